The van der Waals surface area contributed by atoms with Gasteiger partial charge in [0, 0.05) is 31.0 Å². The molecule has 1 fully saturated rings. The molecule has 2 N–H and O–H groups in total. The van der Waals surface area contributed by atoms with Crippen molar-refractivity contribution in [3.05, 3.63) is 45.0 Å². The quantitative estimate of drug-likeness (QED) is 0.253. The fourth-order valence-electron chi connectivity index (χ4n) is 4.14. The van der Waals surface area contributed by atoms with E-state index in [1.54, 1.807) is 24.5 Å². The molecular formula is C25H35N3O4. The Kier molecular flexibility index (Phi) is 9.88. The first-order chi connectivity index (χ1) is 15.6. The van der Waals surface area contributed by atoms with Gasteiger partial charge in [-0.2, -0.15) is 0 Å². The van der Waals surface area contributed by atoms with Crippen molar-refractivity contribution in [1.82, 2.24) is 4.98 Å². The van der Waals surface area contributed by atoms with E-state index in [1.165, 1.54) is 25.7 Å². The lowest BCUT2D eigenvalue weighted by Crippen LogP contribution is -2.36. The summed E-state index contributed by atoms with van der Waals surface area (Å²) in [5.74, 6) is 0.213. The fourth-order valence-corrected chi connectivity index (χ4v) is 4.14. The van der Waals surface area contributed by atoms with Crippen molar-refractivity contribution in [2.24, 2.45) is 0 Å². The summed E-state index contributed by atoms with van der Waals surface area (Å²) in [6.07, 6.45) is 16.2. The summed E-state index contributed by atoms with van der Waals surface area (Å²) in [5, 5.41) is 6.08. The number of Topliss-reactive ketones (excluding diaryl/α,β-unsaturated/α-hetero) is 1. The molecule has 7 nitrogen and oxygen atoms in total. The molecule has 0 atom stereocenters. The van der Waals surface area contributed by atoms with Gasteiger partial charge in [-0.1, -0.05) is 44.9 Å². The van der Waals surface area contributed by atoms with Crippen molar-refractivity contribution < 1.29 is 9.53 Å². The number of anilines is 3. The van der Waals surface area contributed by atoms with E-state index in [0.29, 0.717) is 24.3 Å². The van der Waals surface area contributed by atoms with Crippen LogP contribution in [0, 0.1) is 0 Å². The van der Waals surface area contributed by atoms with Gasteiger partial charge in [0.1, 0.15) is 18.0 Å². The van der Waals surface area contributed by atoms with Crippen LogP contribution in [0.2, 0.25) is 0 Å². The molecule has 174 valence electrons. The van der Waals surface area contributed by atoms with Crippen LogP contribution in [0.25, 0.3) is 0 Å². The molecule has 1 aliphatic carbocycles. The molecule has 0 bridgehead atoms. The van der Waals surface area contributed by atoms with Crippen LogP contribution in [0.15, 0.2) is 34.1 Å². The predicted octanol–water partition coefficient (Wildman–Crippen LogP) is 4.48. The van der Waals surface area contributed by atoms with Crippen LogP contribution in [0.1, 0.15) is 77.0 Å². The SMILES string of the molecule is O=C(CCCCCCCNc1c(Nc2ccncc2)c(=O)c1=O)COC1CCCCCC1. The first-order valence-electron chi connectivity index (χ1n) is 12.0. The summed E-state index contributed by atoms with van der Waals surface area (Å²) < 4.78 is 5.81. The molecule has 0 unspecified atom stereocenters. The lowest BCUT2D eigenvalue weighted by atomic mass is 10.1. The zero-order valence-electron chi connectivity index (χ0n) is 18.9. The Labute approximate surface area is 189 Å². The second-order valence-corrected chi connectivity index (χ2v) is 8.68. The van der Waals surface area contributed by atoms with Crippen LogP contribution < -0.4 is 21.5 Å². The summed E-state index contributed by atoms with van der Waals surface area (Å²) in [6, 6.07) is 3.49. The summed E-state index contributed by atoms with van der Waals surface area (Å²) >= 11 is 0. The van der Waals surface area contributed by atoms with Gasteiger partial charge >= 0.3 is 0 Å². The minimum atomic E-state index is -0.489. The number of ether oxygens (including phenoxy) is 1. The summed E-state index contributed by atoms with van der Waals surface area (Å²) in [6.45, 7) is 0.913. The van der Waals surface area contributed by atoms with Crippen LogP contribution in [-0.2, 0) is 9.53 Å². The number of nitrogens with one attached hydrogen (secondary N) is 2. The molecule has 1 aliphatic rings. The van der Waals surface area contributed by atoms with Gasteiger partial charge in [-0.15, -0.1) is 0 Å². The molecule has 1 heterocycles. The number of unbranched alkanes of at least 4 members (excludes halogenated alkanes) is 4. The summed E-state index contributed by atoms with van der Waals surface area (Å²) in [4.78, 5) is 39.6. The number of ketones is 1. The van der Waals surface area contributed by atoms with Crippen molar-refractivity contribution in [2.45, 2.75) is 83.2 Å². The van der Waals surface area contributed by atoms with Crippen molar-refractivity contribution in [3.8, 4) is 0 Å². The smallest absolute Gasteiger partial charge is 0.253 e. The van der Waals surface area contributed by atoms with Crippen LogP contribution in [0.3, 0.4) is 0 Å². The number of hydrogen-bond acceptors (Lipinski definition) is 7. The molecule has 0 aliphatic heterocycles. The lowest BCUT2D eigenvalue weighted by Gasteiger charge is -2.15. The third-order valence-corrected chi connectivity index (χ3v) is 6.08. The highest BCUT2D eigenvalue weighted by molar-refractivity contribution is 5.79. The van der Waals surface area contributed by atoms with Gasteiger partial charge in [0.05, 0.1) is 6.10 Å². The highest BCUT2D eigenvalue weighted by Crippen LogP contribution is 2.21. The number of pyridine rings is 1. The highest BCUT2D eigenvalue weighted by Gasteiger charge is 2.20. The van der Waals surface area contributed by atoms with Gasteiger partial charge < -0.3 is 15.4 Å². The van der Waals surface area contributed by atoms with E-state index in [0.717, 1.165) is 50.6 Å². The number of rotatable bonds is 14. The summed E-state index contributed by atoms with van der Waals surface area (Å²) in [7, 11) is 0. The zero-order valence-corrected chi connectivity index (χ0v) is 18.9. The second-order valence-electron chi connectivity index (χ2n) is 8.68. The molecule has 7 heteroatoms. The number of nitrogens with zero attached hydrogens (tertiary/aromatic N) is 1. The molecule has 2 aromatic rings. The van der Waals surface area contributed by atoms with E-state index in [-0.39, 0.29) is 18.5 Å². The first kappa shape index (κ1) is 24.1. The van der Waals surface area contributed by atoms with E-state index in [1.807, 2.05) is 0 Å². The van der Waals surface area contributed by atoms with E-state index in [4.69, 9.17) is 4.74 Å². The normalized spacial score (nSPS) is 14.9. The van der Waals surface area contributed by atoms with Gasteiger partial charge in [0.15, 0.2) is 5.78 Å². The third kappa shape index (κ3) is 7.55. The molecular weight excluding hydrogens is 406 g/mol. The Morgan fingerprint density at radius 3 is 2.31 bits per heavy atom. The maximum absolute atomic E-state index is 12.0. The molecule has 32 heavy (non-hydrogen) atoms. The second kappa shape index (κ2) is 13.1. The number of carbonyl (C=O) groups is 1. The van der Waals surface area contributed by atoms with Gasteiger partial charge in [-0.25, -0.2) is 0 Å². The molecule has 1 aromatic carbocycles. The van der Waals surface area contributed by atoms with Gasteiger partial charge in [0.2, 0.25) is 0 Å². The fraction of sp³-hybridized carbons (Fsp3) is 0.600. The largest absolute Gasteiger partial charge is 0.380 e. The Morgan fingerprint density at radius 1 is 0.906 bits per heavy atom. The molecule has 0 radical (unpaired) electrons. The Hall–Kier alpha value is -2.54. The zero-order chi connectivity index (χ0) is 22.6. The topological polar surface area (TPSA) is 97.4 Å². The predicted molar refractivity (Wildman–Crippen MR) is 128 cm³/mol. The summed E-state index contributed by atoms with van der Waals surface area (Å²) in [5.41, 5.74) is 0.462. The van der Waals surface area contributed by atoms with E-state index >= 15 is 0 Å². The molecule has 1 aromatic heterocycles. The van der Waals surface area contributed by atoms with Crippen molar-refractivity contribution in [2.75, 3.05) is 23.8 Å². The van der Waals surface area contributed by atoms with Gasteiger partial charge in [-0.05, 0) is 37.8 Å². The maximum Gasteiger partial charge on any atom is 0.253 e. The van der Waals surface area contributed by atoms with Crippen molar-refractivity contribution in [1.29, 1.82) is 0 Å². The van der Waals surface area contributed by atoms with Crippen molar-refractivity contribution in [3.63, 3.8) is 0 Å². The number of carbonyl (C=O) groups excluding carboxylic acids is 1. The highest BCUT2D eigenvalue weighted by atomic mass is 16.5. The Balaban J connectivity index is 1.22. The van der Waals surface area contributed by atoms with E-state index in [9.17, 15) is 14.4 Å². The standard InChI is InChI=1S/C25H35N3O4/c29-20(18-32-21-11-7-3-4-8-12-21)10-6-2-1-5-9-15-27-22-23(25(31)24(22)30)28-19-13-16-26-17-14-19/h13-14,16-17,21,27H,1-12,15,18H2,(H,26,28). The van der Waals surface area contributed by atoms with Crippen LogP contribution in [-0.4, -0.2) is 30.0 Å². The van der Waals surface area contributed by atoms with Crippen LogP contribution in [0.5, 0.6) is 0 Å². The average molecular weight is 442 g/mol. The maximum atomic E-state index is 12.0. The van der Waals surface area contributed by atoms with Crippen LogP contribution in [0.4, 0.5) is 17.1 Å². The monoisotopic (exact) mass is 441 g/mol. The number of hydrogen-bond donors (Lipinski definition) is 2. The van der Waals surface area contributed by atoms with Gasteiger partial charge in [0.25, 0.3) is 10.9 Å². The molecule has 0 amide bonds. The van der Waals surface area contributed by atoms with Crippen LogP contribution >= 0.6 is 0 Å². The third-order valence-electron chi connectivity index (χ3n) is 6.08. The van der Waals surface area contributed by atoms with E-state index in [2.05, 4.69) is 15.6 Å². The van der Waals surface area contributed by atoms with E-state index < -0.39 is 10.9 Å². The minimum absolute atomic E-state index is 0.213. The Morgan fingerprint density at radius 2 is 1.56 bits per heavy atom. The number of aromatic nitrogens is 1. The molecule has 0 spiro atoms. The lowest BCUT2D eigenvalue weighted by molar-refractivity contribution is -0.126. The average Bonchev–Trinajstić information content (AvgIpc) is 3.10. The van der Waals surface area contributed by atoms with Gasteiger partial charge in [-0.3, -0.25) is 19.4 Å². The van der Waals surface area contributed by atoms with Crippen molar-refractivity contribution >= 4 is 22.8 Å². The molecule has 0 saturated heterocycles. The Bertz CT molecular complexity index is 898. The molecule has 3 rings (SSSR count). The molecule has 1 saturated carbocycles. The minimum Gasteiger partial charge on any atom is -0.380 e. The first-order valence-corrected chi connectivity index (χ1v) is 12.0.